The number of nitrogens with zero attached hydrogens (tertiary/aromatic N) is 2. The summed E-state index contributed by atoms with van der Waals surface area (Å²) in [4.78, 5) is 30.2. The minimum Gasteiger partial charge on any atom is -0.448 e. The topological polar surface area (TPSA) is 123 Å². The number of nitrogen functional groups attached to an aromatic ring is 1. The molecule has 0 aliphatic carbocycles. The molecule has 0 radical (unpaired) electrons. The van der Waals surface area contributed by atoms with Gasteiger partial charge in [0.05, 0.1) is 11.2 Å². The highest BCUT2D eigenvalue weighted by atomic mass is 19.4. The first-order valence-corrected chi connectivity index (χ1v) is 12.7. The number of amides is 1. The number of rotatable bonds is 8. The lowest BCUT2D eigenvalue weighted by Gasteiger charge is -2.20. The number of hydrogen-bond acceptors (Lipinski definition) is 5. The van der Waals surface area contributed by atoms with Gasteiger partial charge in [-0.1, -0.05) is 66.7 Å². The van der Waals surface area contributed by atoms with E-state index < -0.39 is 24.2 Å². The van der Waals surface area contributed by atoms with E-state index in [0.29, 0.717) is 27.8 Å². The van der Waals surface area contributed by atoms with Crippen LogP contribution in [-0.4, -0.2) is 33.4 Å². The van der Waals surface area contributed by atoms with Crippen LogP contribution in [0.25, 0.3) is 10.9 Å². The Morgan fingerprint density at radius 3 is 2.29 bits per heavy atom. The smallest absolute Gasteiger partial charge is 0.448 e. The number of carbonyl (C=O) groups is 2. The van der Waals surface area contributed by atoms with Gasteiger partial charge in [-0.05, 0) is 35.4 Å². The van der Waals surface area contributed by atoms with E-state index in [-0.39, 0.29) is 29.1 Å². The minimum atomic E-state index is -5.20. The van der Waals surface area contributed by atoms with Crippen LogP contribution in [0.5, 0.6) is 0 Å². The summed E-state index contributed by atoms with van der Waals surface area (Å²) in [5.41, 5.74) is 7.67. The van der Waals surface area contributed by atoms with Gasteiger partial charge in [0, 0.05) is 35.5 Å². The summed E-state index contributed by atoms with van der Waals surface area (Å²) >= 11 is 0. The van der Waals surface area contributed by atoms with Crippen LogP contribution in [0.4, 0.5) is 18.9 Å². The molecule has 8 nitrogen and oxygen atoms in total. The van der Waals surface area contributed by atoms with E-state index in [1.165, 1.54) is 23.0 Å². The number of amidine groups is 1. The zero-order valence-corrected chi connectivity index (χ0v) is 21.9. The van der Waals surface area contributed by atoms with Crippen LogP contribution in [-0.2, 0) is 16.1 Å². The Bertz CT molecular complexity index is 1730. The molecule has 11 heteroatoms. The molecule has 4 N–H and O–H groups in total. The predicted octanol–water partition coefficient (Wildman–Crippen LogP) is 5.82. The average molecular weight is 572 g/mol. The van der Waals surface area contributed by atoms with Crippen molar-refractivity contribution in [2.24, 2.45) is 5.73 Å². The Labute approximate surface area is 238 Å². The number of anilines is 1. The Kier molecular flexibility index (Phi) is 7.74. The van der Waals surface area contributed by atoms with Crippen LogP contribution in [0, 0.1) is 5.41 Å². The van der Waals surface area contributed by atoms with Crippen LogP contribution < -0.4 is 11.1 Å². The molecule has 3 aromatic carbocycles. The molecule has 0 aliphatic rings. The largest absolute Gasteiger partial charge is 0.471 e. The lowest BCUT2D eigenvalue weighted by atomic mass is 10.0. The number of ether oxygens (including phenoxy) is 1. The number of nitrogens with one attached hydrogen (secondary N) is 2. The minimum absolute atomic E-state index is 0.000778. The van der Waals surface area contributed by atoms with E-state index >= 15 is 0 Å². The van der Waals surface area contributed by atoms with Crippen LogP contribution in [0.15, 0.2) is 103 Å². The van der Waals surface area contributed by atoms with Gasteiger partial charge in [-0.2, -0.15) is 13.2 Å². The van der Waals surface area contributed by atoms with Crippen LogP contribution in [0.3, 0.4) is 0 Å². The molecule has 0 spiro atoms. The van der Waals surface area contributed by atoms with Crippen molar-refractivity contribution in [2.75, 3.05) is 5.32 Å². The molecule has 0 aliphatic heterocycles. The van der Waals surface area contributed by atoms with Crippen molar-refractivity contribution in [3.05, 3.63) is 131 Å². The molecule has 1 amide bonds. The van der Waals surface area contributed by atoms with Gasteiger partial charge in [-0.15, -0.1) is 0 Å². The fourth-order valence-electron chi connectivity index (χ4n) is 4.67. The van der Waals surface area contributed by atoms with E-state index in [1.54, 1.807) is 84.9 Å². The summed E-state index contributed by atoms with van der Waals surface area (Å²) in [6, 6.07) is 25.3. The zero-order valence-electron chi connectivity index (χ0n) is 21.9. The van der Waals surface area contributed by atoms with Gasteiger partial charge in [-0.3, -0.25) is 15.2 Å². The number of aromatic nitrogens is 2. The summed E-state index contributed by atoms with van der Waals surface area (Å²) in [6.45, 7) is -0.000778. The average Bonchev–Trinajstić information content (AvgIpc) is 3.29. The highest BCUT2D eigenvalue weighted by molar-refractivity contribution is 6.12. The summed E-state index contributed by atoms with van der Waals surface area (Å²) < 4.78 is 47.8. The zero-order chi connectivity index (χ0) is 29.9. The van der Waals surface area contributed by atoms with Crippen LogP contribution in [0.2, 0.25) is 0 Å². The van der Waals surface area contributed by atoms with E-state index in [2.05, 4.69) is 4.98 Å². The molecule has 212 valence electrons. The quantitative estimate of drug-likeness (QED) is 0.123. The molecule has 0 saturated heterocycles. The summed E-state index contributed by atoms with van der Waals surface area (Å²) in [5.74, 6) is -3.36. The van der Waals surface area contributed by atoms with Gasteiger partial charge in [-0.25, -0.2) is 4.79 Å². The molecule has 42 heavy (non-hydrogen) atoms. The first-order valence-electron chi connectivity index (χ1n) is 12.7. The van der Waals surface area contributed by atoms with E-state index in [4.69, 9.17) is 15.9 Å². The molecule has 2 aromatic heterocycles. The Balaban J connectivity index is 1.67. The van der Waals surface area contributed by atoms with Gasteiger partial charge in [0.2, 0.25) is 0 Å². The summed E-state index contributed by atoms with van der Waals surface area (Å²) in [5, 5.41) is 9.90. The second kappa shape index (κ2) is 11.6. The number of pyridine rings is 1. The molecule has 0 bridgehead atoms. The highest BCUT2D eigenvalue weighted by Gasteiger charge is 2.40. The predicted molar refractivity (Wildman–Crippen MR) is 151 cm³/mol. The van der Waals surface area contributed by atoms with Gasteiger partial charge >= 0.3 is 18.1 Å². The maximum Gasteiger partial charge on any atom is 0.471 e. The molecular weight excluding hydrogens is 547 g/mol. The SMILES string of the molecule is N=C(N)c1cccc(Cn2c(C(=O)OC(c3ccccc3)c3ccncc3)c(NC(=O)C(F)(F)F)c3ccccc32)c1. The fraction of sp³-hybridized carbons (Fsp3) is 0.0968. The standard InChI is InChI=1S/C31H24F3N5O3/c32-31(33,34)30(41)38-25-23-11-4-5-12-24(23)39(18-19-7-6-10-22(17-19)28(35)36)26(25)29(40)42-27(20-8-2-1-3-9-20)21-13-15-37-16-14-21/h1-17,27H,18H2,(H3,35,36)(H,38,41). The number of nitrogens with two attached hydrogens (primary N) is 1. The van der Waals surface area contributed by atoms with E-state index in [9.17, 15) is 22.8 Å². The molecule has 1 atom stereocenters. The van der Waals surface area contributed by atoms with E-state index in [0.717, 1.165) is 0 Å². The highest BCUT2D eigenvalue weighted by Crippen LogP contribution is 2.36. The third-order valence-corrected chi connectivity index (χ3v) is 6.57. The number of halogens is 3. The number of hydrogen-bond donors (Lipinski definition) is 3. The lowest BCUT2D eigenvalue weighted by molar-refractivity contribution is -0.167. The lowest BCUT2D eigenvalue weighted by Crippen LogP contribution is -2.31. The Hall–Kier alpha value is -5.45. The molecule has 5 rings (SSSR count). The van der Waals surface area contributed by atoms with E-state index in [1.807, 2.05) is 5.32 Å². The molecule has 0 saturated carbocycles. The molecule has 2 heterocycles. The number of carbonyl (C=O) groups excluding carboxylic acids is 2. The Morgan fingerprint density at radius 2 is 1.60 bits per heavy atom. The van der Waals surface area contributed by atoms with Gasteiger partial charge in [0.25, 0.3) is 0 Å². The second-order valence-electron chi connectivity index (χ2n) is 9.37. The third-order valence-electron chi connectivity index (χ3n) is 6.57. The van der Waals surface area contributed by atoms with Crippen molar-refractivity contribution in [1.29, 1.82) is 5.41 Å². The third kappa shape index (κ3) is 5.85. The number of alkyl halides is 3. The number of esters is 1. The van der Waals surface area contributed by atoms with Crippen molar-refractivity contribution in [1.82, 2.24) is 9.55 Å². The molecular formula is C31H24F3N5O3. The Morgan fingerprint density at radius 1 is 0.929 bits per heavy atom. The monoisotopic (exact) mass is 571 g/mol. The first kappa shape index (κ1) is 28.1. The normalized spacial score (nSPS) is 12.1. The van der Waals surface area contributed by atoms with Gasteiger partial charge in [0.15, 0.2) is 11.8 Å². The first-order chi connectivity index (χ1) is 20.1. The number of fused-ring (bicyclic) bond motifs is 1. The van der Waals surface area contributed by atoms with Crippen molar-refractivity contribution >= 4 is 34.3 Å². The van der Waals surface area contributed by atoms with Gasteiger partial charge in [0.1, 0.15) is 5.84 Å². The number of benzene rings is 3. The van der Waals surface area contributed by atoms with Gasteiger partial charge < -0.3 is 20.4 Å². The second-order valence-corrected chi connectivity index (χ2v) is 9.37. The molecule has 0 fully saturated rings. The van der Waals surface area contributed by atoms with Crippen molar-refractivity contribution < 1.29 is 27.5 Å². The van der Waals surface area contributed by atoms with Crippen LogP contribution >= 0.6 is 0 Å². The van der Waals surface area contributed by atoms with Crippen molar-refractivity contribution in [3.63, 3.8) is 0 Å². The van der Waals surface area contributed by atoms with Crippen molar-refractivity contribution in [3.8, 4) is 0 Å². The molecule has 5 aromatic rings. The maximum atomic E-state index is 14.1. The molecule has 1 unspecified atom stereocenters. The fourth-order valence-corrected chi connectivity index (χ4v) is 4.67. The van der Waals surface area contributed by atoms with Crippen molar-refractivity contribution in [2.45, 2.75) is 18.8 Å². The maximum absolute atomic E-state index is 14.1. The summed E-state index contributed by atoms with van der Waals surface area (Å²) in [7, 11) is 0. The summed E-state index contributed by atoms with van der Waals surface area (Å²) in [6.07, 6.45) is -3.07. The number of para-hydroxylation sites is 1. The van der Waals surface area contributed by atoms with Crippen LogP contribution in [0.1, 0.15) is 38.8 Å².